The lowest BCUT2D eigenvalue weighted by atomic mass is 9.80. The number of carbonyl (C=O) groups excluding carboxylic acids is 2. The van der Waals surface area contributed by atoms with E-state index in [2.05, 4.69) is 20.1 Å². The van der Waals surface area contributed by atoms with Crippen LogP contribution in [-0.4, -0.2) is 89.3 Å². The molecule has 46 heavy (non-hydrogen) atoms. The van der Waals surface area contributed by atoms with Crippen molar-refractivity contribution in [3.05, 3.63) is 18.6 Å². The summed E-state index contributed by atoms with van der Waals surface area (Å²) in [5.74, 6) is -5.15. The molecule has 7 atom stereocenters. The molecule has 0 spiro atoms. The van der Waals surface area contributed by atoms with Crippen LogP contribution >= 0.6 is 15.0 Å². The second kappa shape index (κ2) is 14.3. The number of aromatic nitrogens is 3. The molecule has 0 aromatic carbocycles. The summed E-state index contributed by atoms with van der Waals surface area (Å²) in [6.07, 6.45) is -1.93. The summed E-state index contributed by atoms with van der Waals surface area (Å²) in [6, 6.07) is -0.648. The van der Waals surface area contributed by atoms with E-state index in [1.807, 2.05) is 0 Å². The van der Waals surface area contributed by atoms with E-state index in [4.69, 9.17) is 29.0 Å². The highest BCUT2D eigenvalue weighted by atomic mass is 31.2. The third kappa shape index (κ3) is 8.68. The first-order valence-electron chi connectivity index (χ1n) is 14.6. The molecule has 2 aromatic rings. The number of ether oxygens (including phenoxy) is 3. The van der Waals surface area contributed by atoms with Crippen LogP contribution in [0.1, 0.15) is 54.7 Å². The van der Waals surface area contributed by atoms with Gasteiger partial charge in [0.1, 0.15) is 17.6 Å². The Bertz CT molecular complexity index is 1510. The van der Waals surface area contributed by atoms with E-state index in [0.29, 0.717) is 0 Å². The zero-order valence-corrected chi connectivity index (χ0v) is 29.1. The summed E-state index contributed by atoms with van der Waals surface area (Å²) < 4.78 is 88.0. The van der Waals surface area contributed by atoms with Crippen LogP contribution in [0.25, 0.3) is 11.2 Å². The van der Waals surface area contributed by atoms with Gasteiger partial charge in [-0.05, 0) is 54.5 Å². The average Bonchev–Trinajstić information content (AvgIpc) is 3.42. The Morgan fingerprint density at radius 3 is 2.04 bits per heavy atom. The summed E-state index contributed by atoms with van der Waals surface area (Å²) in [6.45, 7) is 11.4. The fraction of sp³-hybridized carbons (Fsp3) is 0.704. The SMILES string of the molecule is CC(C)OC(=O)[C@H](C)NP(C)(=O)OC[C@H]1O[C@@H](n2cnc3c(N)ccnc32)C(F)(F)C1(C)COP(C)(=O)N[C@@H](C)C(=O)OC(C)C. The third-order valence-electron chi connectivity index (χ3n) is 7.17. The highest BCUT2D eigenvalue weighted by molar-refractivity contribution is 7.56. The van der Waals surface area contributed by atoms with Gasteiger partial charge in [-0.3, -0.25) is 23.3 Å². The molecule has 0 bridgehead atoms. The number of rotatable bonds is 15. The molecule has 19 heteroatoms. The number of nitrogen functional groups attached to an aromatic ring is 1. The van der Waals surface area contributed by atoms with E-state index >= 15 is 8.78 Å². The monoisotopic (exact) mass is 696 g/mol. The van der Waals surface area contributed by atoms with Crippen molar-refractivity contribution in [1.82, 2.24) is 24.7 Å². The molecule has 15 nitrogen and oxygen atoms in total. The molecule has 1 aliphatic heterocycles. The maximum atomic E-state index is 16.6. The van der Waals surface area contributed by atoms with Crippen LogP contribution in [-0.2, 0) is 42.0 Å². The number of nitrogens with one attached hydrogen (secondary N) is 2. The third-order valence-corrected chi connectivity index (χ3v) is 10.1. The number of anilines is 1. The fourth-order valence-electron chi connectivity index (χ4n) is 4.68. The number of hydrogen-bond donors (Lipinski definition) is 3. The van der Waals surface area contributed by atoms with Crippen molar-refractivity contribution < 1.29 is 50.8 Å². The van der Waals surface area contributed by atoms with E-state index in [1.54, 1.807) is 27.7 Å². The molecular formula is C27H44F2N6O9P2. The van der Waals surface area contributed by atoms with Crippen LogP contribution in [0.4, 0.5) is 14.5 Å². The highest BCUT2D eigenvalue weighted by Gasteiger charge is 2.68. The number of halogens is 2. The van der Waals surface area contributed by atoms with Crippen molar-refractivity contribution >= 4 is 43.8 Å². The van der Waals surface area contributed by atoms with Crippen molar-refractivity contribution in [3.8, 4) is 0 Å². The molecule has 0 amide bonds. The highest BCUT2D eigenvalue weighted by Crippen LogP contribution is 2.58. The van der Waals surface area contributed by atoms with Crippen molar-refractivity contribution in [2.75, 3.05) is 32.3 Å². The van der Waals surface area contributed by atoms with Gasteiger partial charge in [-0.1, -0.05) is 0 Å². The van der Waals surface area contributed by atoms with Gasteiger partial charge in [0, 0.05) is 19.5 Å². The Balaban J connectivity index is 1.90. The van der Waals surface area contributed by atoms with Crippen LogP contribution in [0.2, 0.25) is 0 Å². The molecule has 0 saturated carbocycles. The van der Waals surface area contributed by atoms with Crippen molar-refractivity contribution in [1.29, 1.82) is 0 Å². The molecule has 1 saturated heterocycles. The predicted octanol–water partition coefficient (Wildman–Crippen LogP) is 4.09. The number of fused-ring (bicyclic) bond motifs is 1. The van der Waals surface area contributed by atoms with E-state index in [-0.39, 0.29) is 16.9 Å². The largest absolute Gasteiger partial charge is 0.462 e. The van der Waals surface area contributed by atoms with Crippen LogP contribution in [0.5, 0.6) is 0 Å². The van der Waals surface area contributed by atoms with Crippen molar-refractivity contribution in [3.63, 3.8) is 0 Å². The van der Waals surface area contributed by atoms with Gasteiger partial charge in [0.2, 0.25) is 6.23 Å². The average molecular weight is 697 g/mol. The van der Waals surface area contributed by atoms with Gasteiger partial charge >= 0.3 is 17.9 Å². The number of pyridine rings is 1. The summed E-state index contributed by atoms with van der Waals surface area (Å²) in [5.41, 5.74) is 4.11. The van der Waals surface area contributed by atoms with Crippen LogP contribution < -0.4 is 15.9 Å². The van der Waals surface area contributed by atoms with Crippen molar-refractivity contribution in [2.45, 2.75) is 91.0 Å². The molecule has 3 rings (SSSR count). The summed E-state index contributed by atoms with van der Waals surface area (Å²) in [7, 11) is -7.69. The molecule has 260 valence electrons. The lowest BCUT2D eigenvalue weighted by Gasteiger charge is -2.35. The zero-order valence-electron chi connectivity index (χ0n) is 27.4. The molecule has 0 radical (unpaired) electrons. The number of hydrogen-bond acceptors (Lipinski definition) is 12. The normalized spacial score (nSPS) is 25.2. The Kier molecular flexibility index (Phi) is 11.8. The minimum atomic E-state index is -3.89. The minimum Gasteiger partial charge on any atom is -0.462 e. The first-order chi connectivity index (χ1) is 21.1. The maximum absolute atomic E-state index is 16.6. The van der Waals surface area contributed by atoms with Gasteiger partial charge in [-0.25, -0.2) is 28.9 Å². The quantitative estimate of drug-likeness (QED) is 0.178. The van der Waals surface area contributed by atoms with E-state index in [9.17, 15) is 18.7 Å². The molecular weight excluding hydrogens is 652 g/mol. The summed E-state index contributed by atoms with van der Waals surface area (Å²) >= 11 is 0. The maximum Gasteiger partial charge on any atom is 0.323 e. The lowest BCUT2D eigenvalue weighted by molar-refractivity contribution is -0.151. The number of alkyl halides is 2. The van der Waals surface area contributed by atoms with Gasteiger partial charge < -0.3 is 29.0 Å². The minimum absolute atomic E-state index is 0.0233. The zero-order chi connectivity index (χ0) is 34.8. The van der Waals surface area contributed by atoms with E-state index < -0.39 is 88.2 Å². The lowest BCUT2D eigenvalue weighted by Crippen LogP contribution is -2.48. The topological polar surface area (TPSA) is 195 Å². The Hall–Kier alpha value is -2.52. The van der Waals surface area contributed by atoms with Gasteiger partial charge in [0.05, 0.1) is 49.0 Å². The second-order valence-electron chi connectivity index (χ2n) is 12.2. The number of nitrogens with zero attached hydrogens (tertiary/aromatic N) is 3. The Morgan fingerprint density at radius 2 is 1.52 bits per heavy atom. The smallest absolute Gasteiger partial charge is 0.323 e. The second-order valence-corrected chi connectivity index (χ2v) is 16.6. The molecule has 4 N–H and O–H groups in total. The van der Waals surface area contributed by atoms with Crippen LogP contribution in [0.3, 0.4) is 0 Å². The summed E-state index contributed by atoms with van der Waals surface area (Å²) in [4.78, 5) is 32.8. The molecule has 3 unspecified atom stereocenters. The number of esters is 2. The Morgan fingerprint density at radius 1 is 1.00 bits per heavy atom. The number of imidazole rings is 1. The van der Waals surface area contributed by atoms with Gasteiger partial charge in [-0.2, -0.15) is 0 Å². The standard InChI is InChI=1S/C27H44F2N6O9P2/c1-15(2)42-23(36)17(5)33-45(8,38)40-12-20-26(7,13-41-46(9,39)34-18(6)24(37)43-16(3)4)27(28,29)25(44-20)35-14-32-21-19(30)10-11-31-22(21)35/h10-11,14-18,20,25H,12-13H2,1-9H3,(H2,30,31)(H,33,38)(H,34,39)/t17-,18-,20+,25+,26?,45?,46?/m0/s1. The molecule has 3 heterocycles. The predicted molar refractivity (Wildman–Crippen MR) is 166 cm³/mol. The van der Waals surface area contributed by atoms with Gasteiger partial charge in [-0.15, -0.1) is 0 Å². The first kappa shape index (κ1) is 37.9. The Labute approximate surface area is 266 Å². The summed E-state index contributed by atoms with van der Waals surface area (Å²) in [5, 5.41) is 5.07. The molecule has 2 aromatic heterocycles. The van der Waals surface area contributed by atoms with Crippen LogP contribution in [0.15, 0.2) is 18.6 Å². The van der Waals surface area contributed by atoms with Gasteiger partial charge in [0.25, 0.3) is 15.0 Å². The molecule has 1 aliphatic rings. The van der Waals surface area contributed by atoms with Crippen LogP contribution in [0, 0.1) is 5.41 Å². The van der Waals surface area contributed by atoms with E-state index in [1.165, 1.54) is 32.8 Å². The number of carbonyl (C=O) groups is 2. The first-order valence-corrected chi connectivity index (χ1v) is 18.8. The van der Waals surface area contributed by atoms with Crippen molar-refractivity contribution in [2.24, 2.45) is 5.41 Å². The molecule has 0 aliphatic carbocycles. The van der Waals surface area contributed by atoms with Gasteiger partial charge in [0.15, 0.2) is 5.65 Å². The van der Waals surface area contributed by atoms with E-state index in [0.717, 1.165) is 24.5 Å². The fourth-order valence-corrected chi connectivity index (χ4v) is 7.39. The number of nitrogens with two attached hydrogens (primary N) is 1. The molecule has 1 fully saturated rings.